The fraction of sp³-hybridized carbons (Fsp3) is 0.235. The first-order valence-electron chi connectivity index (χ1n) is 6.88. The summed E-state index contributed by atoms with van der Waals surface area (Å²) >= 11 is 1.62. The highest BCUT2D eigenvalue weighted by molar-refractivity contribution is 7.10. The molecule has 0 radical (unpaired) electrons. The molecule has 1 heterocycles. The van der Waals surface area contributed by atoms with Gasteiger partial charge in [0.25, 0.3) is 0 Å². The molecule has 0 aliphatic carbocycles. The van der Waals surface area contributed by atoms with Crippen LogP contribution in [0.1, 0.15) is 23.4 Å². The van der Waals surface area contributed by atoms with Crippen molar-refractivity contribution < 1.29 is 14.3 Å². The van der Waals surface area contributed by atoms with E-state index in [4.69, 9.17) is 9.47 Å². The lowest BCUT2D eigenvalue weighted by molar-refractivity contribution is -0.117. The maximum Gasteiger partial charge on any atom is 0.244 e. The van der Waals surface area contributed by atoms with Crippen LogP contribution in [0.25, 0.3) is 6.08 Å². The standard InChI is InChI=1S/C17H19NO3S/c1-12(16-5-4-10-22-16)18-17(19)9-6-13-11-14(20-2)7-8-15(13)21-3/h4-12H,1-3H3,(H,18,19)/b9-6+/t12-/m1/s1. The van der Waals surface area contributed by atoms with Gasteiger partial charge < -0.3 is 14.8 Å². The summed E-state index contributed by atoms with van der Waals surface area (Å²) in [5, 5.41) is 4.93. The molecule has 0 bridgehead atoms. The summed E-state index contributed by atoms with van der Waals surface area (Å²) in [5.41, 5.74) is 0.792. The monoisotopic (exact) mass is 317 g/mol. The van der Waals surface area contributed by atoms with E-state index in [1.54, 1.807) is 31.6 Å². The first kappa shape index (κ1) is 16.1. The van der Waals surface area contributed by atoms with Crippen LogP contribution in [-0.2, 0) is 4.79 Å². The first-order valence-corrected chi connectivity index (χ1v) is 7.76. The molecule has 0 saturated heterocycles. The normalized spacial score (nSPS) is 12.1. The quantitative estimate of drug-likeness (QED) is 0.827. The third-order valence-electron chi connectivity index (χ3n) is 3.18. The third kappa shape index (κ3) is 4.11. The van der Waals surface area contributed by atoms with Crippen LogP contribution in [0, 0.1) is 0 Å². The number of benzene rings is 1. The number of rotatable bonds is 6. The van der Waals surface area contributed by atoms with E-state index < -0.39 is 0 Å². The molecular formula is C17H19NO3S. The molecule has 1 aromatic heterocycles. The second-order valence-corrected chi connectivity index (χ2v) is 5.67. The Hall–Kier alpha value is -2.27. The summed E-state index contributed by atoms with van der Waals surface area (Å²) in [6, 6.07) is 9.42. The second kappa shape index (κ2) is 7.66. The second-order valence-electron chi connectivity index (χ2n) is 4.69. The van der Waals surface area contributed by atoms with E-state index in [9.17, 15) is 4.79 Å². The number of methoxy groups -OCH3 is 2. The number of carbonyl (C=O) groups is 1. The molecule has 1 aromatic carbocycles. The minimum Gasteiger partial charge on any atom is -0.497 e. The third-order valence-corrected chi connectivity index (χ3v) is 4.23. The van der Waals surface area contributed by atoms with Gasteiger partial charge in [0.05, 0.1) is 20.3 Å². The maximum atomic E-state index is 12.0. The molecule has 0 aliphatic heterocycles. The molecule has 4 nitrogen and oxygen atoms in total. The van der Waals surface area contributed by atoms with Gasteiger partial charge in [-0.3, -0.25) is 4.79 Å². The maximum absolute atomic E-state index is 12.0. The molecule has 1 atom stereocenters. The predicted molar refractivity (Wildman–Crippen MR) is 89.5 cm³/mol. The molecule has 0 fully saturated rings. The number of amides is 1. The smallest absolute Gasteiger partial charge is 0.244 e. The Morgan fingerprint density at radius 2 is 2.09 bits per heavy atom. The highest BCUT2D eigenvalue weighted by Gasteiger charge is 2.08. The number of hydrogen-bond acceptors (Lipinski definition) is 4. The van der Waals surface area contributed by atoms with E-state index in [2.05, 4.69) is 5.32 Å². The number of thiophene rings is 1. The molecule has 1 N–H and O–H groups in total. The van der Waals surface area contributed by atoms with Gasteiger partial charge in [-0.25, -0.2) is 0 Å². The fourth-order valence-electron chi connectivity index (χ4n) is 2.01. The van der Waals surface area contributed by atoms with Crippen LogP contribution in [0.15, 0.2) is 41.8 Å². The zero-order valence-corrected chi connectivity index (χ0v) is 13.6. The van der Waals surface area contributed by atoms with Gasteiger partial charge in [0.1, 0.15) is 11.5 Å². The Morgan fingerprint density at radius 1 is 1.27 bits per heavy atom. The van der Waals surface area contributed by atoms with Gasteiger partial charge in [0.15, 0.2) is 0 Å². The summed E-state index contributed by atoms with van der Waals surface area (Å²) in [5.74, 6) is 1.26. The number of ether oxygens (including phenoxy) is 2. The van der Waals surface area contributed by atoms with Crippen molar-refractivity contribution in [2.24, 2.45) is 0 Å². The van der Waals surface area contributed by atoms with Gasteiger partial charge in [-0.15, -0.1) is 11.3 Å². The van der Waals surface area contributed by atoms with Crippen LogP contribution in [0.4, 0.5) is 0 Å². The number of carbonyl (C=O) groups excluding carboxylic acids is 1. The van der Waals surface area contributed by atoms with Crippen molar-refractivity contribution in [2.75, 3.05) is 14.2 Å². The first-order chi connectivity index (χ1) is 10.6. The van der Waals surface area contributed by atoms with Crippen LogP contribution in [-0.4, -0.2) is 20.1 Å². The van der Waals surface area contributed by atoms with Gasteiger partial charge >= 0.3 is 0 Å². The zero-order valence-electron chi connectivity index (χ0n) is 12.8. The molecule has 2 aromatic rings. The Balaban J connectivity index is 2.06. The Labute approximate surface area is 134 Å². The van der Waals surface area contributed by atoms with Crippen molar-refractivity contribution in [2.45, 2.75) is 13.0 Å². The van der Waals surface area contributed by atoms with Crippen molar-refractivity contribution in [1.82, 2.24) is 5.32 Å². The van der Waals surface area contributed by atoms with Crippen LogP contribution in [0.3, 0.4) is 0 Å². The van der Waals surface area contributed by atoms with Crippen molar-refractivity contribution in [3.63, 3.8) is 0 Å². The Kier molecular flexibility index (Phi) is 5.61. The topological polar surface area (TPSA) is 47.6 Å². The minimum absolute atomic E-state index is 0.00986. The molecular weight excluding hydrogens is 298 g/mol. The highest BCUT2D eigenvalue weighted by Crippen LogP contribution is 2.25. The van der Waals surface area contributed by atoms with Crippen LogP contribution >= 0.6 is 11.3 Å². The molecule has 22 heavy (non-hydrogen) atoms. The fourth-order valence-corrected chi connectivity index (χ4v) is 2.74. The molecule has 0 aliphatic rings. The van der Waals surface area contributed by atoms with E-state index >= 15 is 0 Å². The lowest BCUT2D eigenvalue weighted by atomic mass is 10.1. The van der Waals surface area contributed by atoms with Crippen molar-refractivity contribution >= 4 is 23.3 Å². The van der Waals surface area contributed by atoms with Crippen molar-refractivity contribution in [3.05, 3.63) is 52.2 Å². The summed E-state index contributed by atoms with van der Waals surface area (Å²) in [4.78, 5) is 13.1. The number of hydrogen-bond donors (Lipinski definition) is 1. The largest absolute Gasteiger partial charge is 0.497 e. The van der Waals surface area contributed by atoms with Gasteiger partial charge in [-0.05, 0) is 42.6 Å². The molecule has 0 unspecified atom stereocenters. The lowest BCUT2D eigenvalue weighted by Crippen LogP contribution is -2.23. The predicted octanol–water partition coefficient (Wildman–Crippen LogP) is 3.66. The van der Waals surface area contributed by atoms with E-state index in [1.807, 2.05) is 42.6 Å². The van der Waals surface area contributed by atoms with Crippen molar-refractivity contribution in [3.8, 4) is 11.5 Å². The molecule has 0 spiro atoms. The van der Waals surface area contributed by atoms with Gasteiger partial charge in [0.2, 0.25) is 5.91 Å². The van der Waals surface area contributed by atoms with Gasteiger partial charge in [0, 0.05) is 16.5 Å². The lowest BCUT2D eigenvalue weighted by Gasteiger charge is -2.10. The SMILES string of the molecule is COc1ccc(OC)c(/C=C/C(=O)N[C@H](C)c2cccs2)c1. The van der Waals surface area contributed by atoms with Gasteiger partial charge in [-0.2, -0.15) is 0 Å². The van der Waals surface area contributed by atoms with Crippen molar-refractivity contribution in [1.29, 1.82) is 0 Å². The molecule has 0 saturated carbocycles. The van der Waals surface area contributed by atoms with Gasteiger partial charge in [-0.1, -0.05) is 6.07 Å². The summed E-state index contributed by atoms with van der Waals surface area (Å²) < 4.78 is 10.5. The Bertz CT molecular complexity index is 650. The Morgan fingerprint density at radius 3 is 2.73 bits per heavy atom. The average molecular weight is 317 g/mol. The molecule has 1 amide bonds. The zero-order chi connectivity index (χ0) is 15.9. The minimum atomic E-state index is -0.147. The van der Waals surface area contributed by atoms with Crippen LogP contribution in [0.5, 0.6) is 11.5 Å². The number of nitrogens with one attached hydrogen (secondary N) is 1. The van der Waals surface area contributed by atoms with E-state index in [1.165, 1.54) is 6.08 Å². The van der Waals surface area contributed by atoms with Crippen LogP contribution < -0.4 is 14.8 Å². The highest BCUT2D eigenvalue weighted by atomic mass is 32.1. The summed E-state index contributed by atoms with van der Waals surface area (Å²) in [6.07, 6.45) is 3.22. The van der Waals surface area contributed by atoms with E-state index in [-0.39, 0.29) is 11.9 Å². The molecule has 5 heteroatoms. The molecule has 2 rings (SSSR count). The average Bonchev–Trinajstić information content (AvgIpc) is 3.07. The van der Waals surface area contributed by atoms with Crippen LogP contribution in [0.2, 0.25) is 0 Å². The molecule has 116 valence electrons. The summed E-state index contributed by atoms with van der Waals surface area (Å²) in [6.45, 7) is 1.96. The van der Waals surface area contributed by atoms with E-state index in [0.717, 1.165) is 10.4 Å². The van der Waals surface area contributed by atoms with E-state index in [0.29, 0.717) is 11.5 Å². The summed E-state index contributed by atoms with van der Waals surface area (Å²) in [7, 11) is 3.20.